The van der Waals surface area contributed by atoms with Gasteiger partial charge < -0.3 is 10.4 Å². The fraction of sp³-hybridized carbons (Fsp3) is 0.308. The Morgan fingerprint density at radius 3 is 2.75 bits per heavy atom. The van der Waals surface area contributed by atoms with Gasteiger partial charge in [-0.15, -0.1) is 5.10 Å². The van der Waals surface area contributed by atoms with Crippen molar-refractivity contribution in [1.29, 1.82) is 0 Å². The highest BCUT2D eigenvalue weighted by Gasteiger charge is 2.16. The van der Waals surface area contributed by atoms with Crippen LogP contribution < -0.4 is 11.0 Å². The van der Waals surface area contributed by atoms with Crippen molar-refractivity contribution in [2.75, 3.05) is 6.61 Å². The minimum atomic E-state index is -0.516. The summed E-state index contributed by atoms with van der Waals surface area (Å²) in [6.07, 6.45) is 0.589. The van der Waals surface area contributed by atoms with E-state index >= 15 is 0 Å². The van der Waals surface area contributed by atoms with E-state index in [0.29, 0.717) is 12.1 Å². The first-order valence-electron chi connectivity index (χ1n) is 6.32. The Hall–Kier alpha value is -2.41. The Bertz CT molecular complexity index is 629. The maximum absolute atomic E-state index is 11.9. The molecule has 7 heteroatoms. The van der Waals surface area contributed by atoms with Crippen LogP contribution in [-0.2, 0) is 0 Å². The fourth-order valence-electron chi connectivity index (χ4n) is 1.70. The molecule has 2 rings (SSSR count). The molecular formula is C13H16N4O3. The molecule has 7 nitrogen and oxygen atoms in total. The van der Waals surface area contributed by atoms with E-state index < -0.39 is 11.6 Å². The zero-order chi connectivity index (χ0) is 14.5. The van der Waals surface area contributed by atoms with Gasteiger partial charge in [0.1, 0.15) is 0 Å². The van der Waals surface area contributed by atoms with Gasteiger partial charge in [0.05, 0.1) is 18.3 Å². The summed E-state index contributed by atoms with van der Waals surface area (Å²) in [6, 6.07) is 8.44. The van der Waals surface area contributed by atoms with Crippen LogP contribution in [0.2, 0.25) is 0 Å². The van der Waals surface area contributed by atoms with Crippen molar-refractivity contribution >= 4 is 5.91 Å². The van der Waals surface area contributed by atoms with E-state index in [9.17, 15) is 9.59 Å². The molecule has 0 aliphatic carbocycles. The first-order chi connectivity index (χ1) is 9.65. The predicted molar refractivity (Wildman–Crippen MR) is 72.8 cm³/mol. The van der Waals surface area contributed by atoms with Crippen molar-refractivity contribution in [3.05, 3.63) is 46.6 Å². The van der Waals surface area contributed by atoms with Crippen LogP contribution in [0, 0.1) is 0 Å². The van der Waals surface area contributed by atoms with Crippen molar-refractivity contribution in [1.82, 2.24) is 20.1 Å². The molecule has 0 spiro atoms. The van der Waals surface area contributed by atoms with Gasteiger partial charge in [-0.3, -0.25) is 9.78 Å². The second-order valence-electron chi connectivity index (χ2n) is 4.29. The van der Waals surface area contributed by atoms with Crippen molar-refractivity contribution in [3.8, 4) is 5.69 Å². The number of amides is 1. The van der Waals surface area contributed by atoms with Gasteiger partial charge in [0.25, 0.3) is 5.91 Å². The molecule has 1 atom stereocenters. The van der Waals surface area contributed by atoms with Gasteiger partial charge in [0, 0.05) is 0 Å². The Morgan fingerprint density at radius 2 is 2.15 bits per heavy atom. The molecule has 106 valence electrons. The summed E-state index contributed by atoms with van der Waals surface area (Å²) in [6.45, 7) is 1.68. The van der Waals surface area contributed by atoms with E-state index in [1.54, 1.807) is 24.3 Å². The van der Waals surface area contributed by atoms with E-state index in [-0.39, 0.29) is 18.5 Å². The molecule has 0 aliphatic rings. The summed E-state index contributed by atoms with van der Waals surface area (Å²) in [5.74, 6) is -0.594. The second-order valence-corrected chi connectivity index (χ2v) is 4.29. The van der Waals surface area contributed by atoms with Gasteiger partial charge in [-0.25, -0.2) is 4.79 Å². The average molecular weight is 276 g/mol. The minimum absolute atomic E-state index is 0.0780. The number of carbonyl (C=O) groups is 1. The van der Waals surface area contributed by atoms with Crippen LogP contribution >= 0.6 is 0 Å². The van der Waals surface area contributed by atoms with Gasteiger partial charge >= 0.3 is 5.69 Å². The highest BCUT2D eigenvalue weighted by molar-refractivity contribution is 5.90. The number of H-pyrrole nitrogens is 1. The summed E-state index contributed by atoms with van der Waals surface area (Å²) in [4.78, 5) is 26.1. The zero-order valence-corrected chi connectivity index (χ0v) is 11.0. The van der Waals surface area contributed by atoms with Gasteiger partial charge in [0.15, 0.2) is 0 Å². The first kappa shape index (κ1) is 14.0. The highest BCUT2D eigenvalue weighted by Crippen LogP contribution is 2.02. The first-order valence-corrected chi connectivity index (χ1v) is 6.32. The van der Waals surface area contributed by atoms with Crippen LogP contribution in [0.1, 0.15) is 24.0 Å². The Labute approximate surface area is 115 Å². The molecule has 0 saturated heterocycles. The summed E-state index contributed by atoms with van der Waals surface area (Å²) >= 11 is 0. The standard InChI is InChI=1S/C13H16N4O3/c1-2-9(8-18)14-12(19)11-15-13(20)17(16-11)10-6-4-3-5-7-10/h3-7,9,18H,2,8H2,1H3,(H,14,19)(H,15,16,20). The second kappa shape index (κ2) is 6.16. The van der Waals surface area contributed by atoms with Crippen molar-refractivity contribution in [3.63, 3.8) is 0 Å². The lowest BCUT2D eigenvalue weighted by atomic mass is 10.2. The molecule has 3 N–H and O–H groups in total. The maximum Gasteiger partial charge on any atom is 0.348 e. The van der Waals surface area contributed by atoms with Gasteiger partial charge in [0.2, 0.25) is 5.82 Å². The third kappa shape index (κ3) is 2.94. The van der Waals surface area contributed by atoms with Crippen LogP contribution in [-0.4, -0.2) is 38.4 Å². The lowest BCUT2D eigenvalue weighted by molar-refractivity contribution is 0.0904. The number of carbonyl (C=O) groups excluding carboxylic acids is 1. The number of para-hydroxylation sites is 1. The van der Waals surface area contributed by atoms with Crippen LogP contribution in [0.3, 0.4) is 0 Å². The normalized spacial score (nSPS) is 12.1. The molecule has 1 unspecified atom stereocenters. The number of hydrogen-bond acceptors (Lipinski definition) is 4. The molecule has 0 saturated carbocycles. The molecule has 0 aliphatic heterocycles. The van der Waals surface area contributed by atoms with Crippen LogP contribution in [0.25, 0.3) is 5.69 Å². The molecule has 1 amide bonds. The SMILES string of the molecule is CCC(CO)NC(=O)c1nn(-c2ccccc2)c(=O)[nH]1. The number of nitrogens with zero attached hydrogens (tertiary/aromatic N) is 2. The molecule has 2 aromatic rings. The van der Waals surface area contributed by atoms with E-state index in [4.69, 9.17) is 5.11 Å². The summed E-state index contributed by atoms with van der Waals surface area (Å²) in [5.41, 5.74) is 0.0837. The number of rotatable bonds is 5. The van der Waals surface area contributed by atoms with Crippen molar-refractivity contribution in [2.45, 2.75) is 19.4 Å². The van der Waals surface area contributed by atoms with E-state index in [2.05, 4.69) is 15.4 Å². The van der Waals surface area contributed by atoms with Crippen LogP contribution in [0.4, 0.5) is 0 Å². The molecular weight excluding hydrogens is 260 g/mol. The Morgan fingerprint density at radius 1 is 1.45 bits per heavy atom. The molecule has 20 heavy (non-hydrogen) atoms. The molecule has 1 aromatic carbocycles. The molecule has 1 heterocycles. The van der Waals surface area contributed by atoms with E-state index in [1.807, 2.05) is 13.0 Å². The summed E-state index contributed by atoms with van der Waals surface area (Å²) in [5, 5.41) is 15.6. The number of aromatic nitrogens is 3. The molecule has 0 bridgehead atoms. The molecule has 1 aromatic heterocycles. The van der Waals surface area contributed by atoms with Crippen molar-refractivity contribution < 1.29 is 9.90 Å². The summed E-state index contributed by atoms with van der Waals surface area (Å²) in [7, 11) is 0. The number of benzene rings is 1. The Kier molecular flexibility index (Phi) is 4.31. The van der Waals surface area contributed by atoms with Crippen LogP contribution in [0.15, 0.2) is 35.1 Å². The van der Waals surface area contributed by atoms with E-state index in [1.165, 1.54) is 0 Å². The van der Waals surface area contributed by atoms with Crippen LogP contribution in [0.5, 0.6) is 0 Å². The third-order valence-corrected chi connectivity index (χ3v) is 2.88. The number of aliphatic hydroxyl groups excluding tert-OH is 1. The maximum atomic E-state index is 11.9. The van der Waals surface area contributed by atoms with Gasteiger partial charge in [-0.1, -0.05) is 25.1 Å². The minimum Gasteiger partial charge on any atom is -0.394 e. The largest absolute Gasteiger partial charge is 0.394 e. The van der Waals surface area contributed by atoms with Crippen molar-refractivity contribution in [2.24, 2.45) is 0 Å². The van der Waals surface area contributed by atoms with E-state index in [0.717, 1.165) is 4.68 Å². The molecule has 0 radical (unpaired) electrons. The van der Waals surface area contributed by atoms with Gasteiger partial charge in [-0.05, 0) is 18.6 Å². The Balaban J connectivity index is 2.24. The monoisotopic (exact) mass is 276 g/mol. The average Bonchev–Trinajstić information content (AvgIpc) is 2.87. The lowest BCUT2D eigenvalue weighted by Gasteiger charge is -2.12. The lowest BCUT2D eigenvalue weighted by Crippen LogP contribution is -2.37. The van der Waals surface area contributed by atoms with Gasteiger partial charge in [-0.2, -0.15) is 4.68 Å². The number of aromatic amines is 1. The zero-order valence-electron chi connectivity index (χ0n) is 11.0. The number of hydrogen-bond donors (Lipinski definition) is 3. The smallest absolute Gasteiger partial charge is 0.348 e. The number of nitrogens with one attached hydrogen (secondary N) is 2. The highest BCUT2D eigenvalue weighted by atomic mass is 16.3. The topological polar surface area (TPSA) is 100 Å². The summed E-state index contributed by atoms with van der Waals surface area (Å²) < 4.78 is 1.12. The molecule has 0 fully saturated rings. The quantitative estimate of drug-likeness (QED) is 0.719. The predicted octanol–water partition coefficient (Wildman–Crippen LogP) is 0.0613. The number of aliphatic hydroxyl groups is 1. The third-order valence-electron chi connectivity index (χ3n) is 2.88. The fourth-order valence-corrected chi connectivity index (χ4v) is 1.70.